The molecule has 0 saturated heterocycles. The second kappa shape index (κ2) is 6.91. The Hall–Kier alpha value is -1.89. The fraction of sp³-hybridized carbons (Fsp3) is 0.176. The molecule has 0 saturated carbocycles. The minimum absolute atomic E-state index is 0.0982. The average molecular weight is 336 g/mol. The Morgan fingerprint density at radius 1 is 1.18 bits per heavy atom. The van der Waals surface area contributed by atoms with Crippen molar-refractivity contribution in [1.82, 2.24) is 0 Å². The first kappa shape index (κ1) is 16.5. The smallest absolute Gasteiger partial charge is 0.149 e. The summed E-state index contributed by atoms with van der Waals surface area (Å²) in [6.07, 6.45) is -0.0982. The van der Waals surface area contributed by atoms with E-state index in [2.05, 4.69) is 6.07 Å². The second-order valence-corrected chi connectivity index (χ2v) is 5.59. The SMILES string of the molecule is N#CC(CC(=O)CCl)(c1ccc(F)cc1)c1cccc(Cl)c1. The van der Waals surface area contributed by atoms with E-state index in [1.807, 2.05) is 0 Å². The van der Waals surface area contributed by atoms with Gasteiger partial charge in [0.1, 0.15) is 17.0 Å². The predicted molar refractivity (Wildman–Crippen MR) is 84.6 cm³/mol. The van der Waals surface area contributed by atoms with Gasteiger partial charge in [-0.05, 0) is 35.4 Å². The minimum atomic E-state index is -1.25. The highest BCUT2D eigenvalue weighted by atomic mass is 35.5. The van der Waals surface area contributed by atoms with Crippen LogP contribution in [0.4, 0.5) is 4.39 Å². The van der Waals surface area contributed by atoms with E-state index < -0.39 is 11.2 Å². The molecule has 112 valence electrons. The van der Waals surface area contributed by atoms with E-state index in [-0.39, 0.29) is 18.1 Å². The van der Waals surface area contributed by atoms with Crippen molar-refractivity contribution in [1.29, 1.82) is 5.26 Å². The molecule has 0 heterocycles. The van der Waals surface area contributed by atoms with E-state index in [4.69, 9.17) is 23.2 Å². The summed E-state index contributed by atoms with van der Waals surface area (Å²) < 4.78 is 13.2. The molecule has 22 heavy (non-hydrogen) atoms. The van der Waals surface area contributed by atoms with Gasteiger partial charge in [0.25, 0.3) is 0 Å². The molecule has 0 N–H and O–H groups in total. The average Bonchev–Trinajstić information content (AvgIpc) is 2.53. The van der Waals surface area contributed by atoms with Crippen LogP contribution in [0.2, 0.25) is 5.02 Å². The zero-order valence-electron chi connectivity index (χ0n) is 11.5. The number of Topliss-reactive ketones (excluding diaryl/α,β-unsaturated/α-hetero) is 1. The number of halogens is 3. The van der Waals surface area contributed by atoms with Gasteiger partial charge in [0.05, 0.1) is 11.9 Å². The van der Waals surface area contributed by atoms with Gasteiger partial charge in [-0.3, -0.25) is 4.79 Å². The van der Waals surface area contributed by atoms with Gasteiger partial charge in [0.15, 0.2) is 0 Å². The van der Waals surface area contributed by atoms with Crippen LogP contribution in [0.15, 0.2) is 48.5 Å². The molecule has 0 amide bonds. The summed E-state index contributed by atoms with van der Waals surface area (Å²) in [7, 11) is 0. The van der Waals surface area contributed by atoms with Crippen LogP contribution in [0, 0.1) is 17.1 Å². The van der Waals surface area contributed by atoms with E-state index in [1.54, 1.807) is 24.3 Å². The Balaban J connectivity index is 2.64. The Morgan fingerprint density at radius 2 is 1.86 bits per heavy atom. The lowest BCUT2D eigenvalue weighted by atomic mass is 9.72. The first-order valence-corrected chi connectivity index (χ1v) is 7.44. The molecule has 0 aliphatic rings. The van der Waals surface area contributed by atoms with E-state index in [0.29, 0.717) is 16.1 Å². The highest BCUT2D eigenvalue weighted by Gasteiger charge is 2.37. The predicted octanol–water partition coefficient (Wildman–Crippen LogP) is 4.49. The van der Waals surface area contributed by atoms with Crippen molar-refractivity contribution in [3.63, 3.8) is 0 Å². The molecule has 1 unspecified atom stereocenters. The molecule has 0 radical (unpaired) electrons. The molecule has 2 rings (SSSR count). The molecule has 5 heteroatoms. The monoisotopic (exact) mass is 335 g/mol. The number of alkyl halides is 1. The molecule has 0 fully saturated rings. The molecule has 2 aromatic carbocycles. The standard InChI is InChI=1S/C17H12Cl2FNO/c18-10-16(22)9-17(11-21,12-4-6-15(20)7-5-12)13-2-1-3-14(19)8-13/h1-8H,9-10H2. The third kappa shape index (κ3) is 3.30. The van der Waals surface area contributed by atoms with E-state index in [9.17, 15) is 14.4 Å². The summed E-state index contributed by atoms with van der Waals surface area (Å²) in [6, 6.07) is 14.5. The van der Waals surface area contributed by atoms with Gasteiger partial charge in [-0.2, -0.15) is 5.26 Å². The second-order valence-electron chi connectivity index (χ2n) is 4.88. The van der Waals surface area contributed by atoms with Crippen molar-refractivity contribution in [2.24, 2.45) is 0 Å². The summed E-state index contributed by atoms with van der Waals surface area (Å²) in [5.74, 6) is -0.872. The number of rotatable bonds is 5. The third-order valence-electron chi connectivity index (χ3n) is 3.46. The summed E-state index contributed by atoms with van der Waals surface area (Å²) in [5.41, 5.74) is -0.144. The van der Waals surface area contributed by atoms with Crippen LogP contribution in [-0.2, 0) is 10.2 Å². The number of nitriles is 1. The first-order valence-electron chi connectivity index (χ1n) is 6.53. The molecule has 0 spiro atoms. The maximum Gasteiger partial charge on any atom is 0.149 e. The summed E-state index contributed by atoms with van der Waals surface area (Å²) in [4.78, 5) is 11.9. The van der Waals surface area contributed by atoms with E-state index in [1.165, 1.54) is 24.3 Å². The molecule has 0 aliphatic heterocycles. The summed E-state index contributed by atoms with van der Waals surface area (Å²) >= 11 is 11.6. The molecule has 0 bridgehead atoms. The van der Waals surface area contributed by atoms with Crippen LogP contribution >= 0.6 is 23.2 Å². The lowest BCUT2D eigenvalue weighted by Gasteiger charge is -2.27. The van der Waals surface area contributed by atoms with Gasteiger partial charge in [0.2, 0.25) is 0 Å². The van der Waals surface area contributed by atoms with Crippen LogP contribution in [0.5, 0.6) is 0 Å². The maximum absolute atomic E-state index is 13.2. The van der Waals surface area contributed by atoms with Crippen molar-refractivity contribution in [3.8, 4) is 6.07 Å². The van der Waals surface area contributed by atoms with Crippen molar-refractivity contribution in [3.05, 3.63) is 70.5 Å². The molecule has 1 atom stereocenters. The molecular formula is C17H12Cl2FNO. The number of nitrogens with zero attached hydrogens (tertiary/aromatic N) is 1. The van der Waals surface area contributed by atoms with Crippen LogP contribution in [-0.4, -0.2) is 11.7 Å². The van der Waals surface area contributed by atoms with Crippen molar-refractivity contribution < 1.29 is 9.18 Å². The van der Waals surface area contributed by atoms with Crippen molar-refractivity contribution in [2.45, 2.75) is 11.8 Å². The third-order valence-corrected chi connectivity index (χ3v) is 3.99. The van der Waals surface area contributed by atoms with Gasteiger partial charge in [-0.25, -0.2) is 4.39 Å². The zero-order valence-corrected chi connectivity index (χ0v) is 13.0. The lowest BCUT2D eigenvalue weighted by Crippen LogP contribution is -2.29. The number of benzene rings is 2. The largest absolute Gasteiger partial charge is 0.298 e. The minimum Gasteiger partial charge on any atom is -0.298 e. The molecular weight excluding hydrogens is 324 g/mol. The maximum atomic E-state index is 13.2. The highest BCUT2D eigenvalue weighted by molar-refractivity contribution is 6.30. The van der Waals surface area contributed by atoms with Crippen LogP contribution in [0.3, 0.4) is 0 Å². The molecule has 2 nitrogen and oxygen atoms in total. The van der Waals surface area contributed by atoms with Gasteiger partial charge >= 0.3 is 0 Å². The Labute approximate surface area is 138 Å². The van der Waals surface area contributed by atoms with Crippen molar-refractivity contribution >= 4 is 29.0 Å². The fourth-order valence-corrected chi connectivity index (χ4v) is 2.66. The number of carbonyl (C=O) groups is 1. The normalized spacial score (nSPS) is 13.2. The Morgan fingerprint density at radius 3 is 2.41 bits per heavy atom. The Kier molecular flexibility index (Phi) is 5.18. The molecule has 2 aromatic rings. The van der Waals surface area contributed by atoms with E-state index >= 15 is 0 Å². The van der Waals surface area contributed by atoms with Crippen LogP contribution in [0.1, 0.15) is 17.5 Å². The molecule has 0 aliphatic carbocycles. The summed E-state index contributed by atoms with van der Waals surface area (Å²) in [5, 5.41) is 10.3. The topological polar surface area (TPSA) is 40.9 Å². The van der Waals surface area contributed by atoms with Gasteiger partial charge in [-0.1, -0.05) is 35.9 Å². The van der Waals surface area contributed by atoms with Crippen LogP contribution in [0.25, 0.3) is 0 Å². The quantitative estimate of drug-likeness (QED) is 0.755. The summed E-state index contributed by atoms with van der Waals surface area (Å²) in [6.45, 7) is 0. The van der Waals surface area contributed by atoms with E-state index in [0.717, 1.165) is 0 Å². The fourth-order valence-electron chi connectivity index (χ4n) is 2.37. The van der Waals surface area contributed by atoms with Crippen LogP contribution < -0.4 is 0 Å². The number of ketones is 1. The number of hydrogen-bond donors (Lipinski definition) is 0. The molecule has 0 aromatic heterocycles. The number of hydrogen-bond acceptors (Lipinski definition) is 2. The van der Waals surface area contributed by atoms with Gasteiger partial charge in [0, 0.05) is 11.4 Å². The van der Waals surface area contributed by atoms with Gasteiger partial charge < -0.3 is 0 Å². The zero-order chi connectivity index (χ0) is 16.2. The Bertz CT molecular complexity index is 724. The first-order chi connectivity index (χ1) is 10.5. The lowest BCUT2D eigenvalue weighted by molar-refractivity contribution is -0.117. The van der Waals surface area contributed by atoms with Crippen molar-refractivity contribution in [2.75, 3.05) is 5.88 Å². The van der Waals surface area contributed by atoms with Gasteiger partial charge in [-0.15, -0.1) is 11.6 Å². The highest BCUT2D eigenvalue weighted by Crippen LogP contribution is 2.36. The number of carbonyl (C=O) groups excluding carboxylic acids is 1.